The van der Waals surface area contributed by atoms with Crippen LogP contribution in [0.1, 0.15) is 26.7 Å². The van der Waals surface area contributed by atoms with Crippen molar-refractivity contribution < 1.29 is 13.2 Å². The van der Waals surface area contributed by atoms with Gasteiger partial charge in [0.1, 0.15) is 0 Å². The molecule has 0 rings (SSSR count). The van der Waals surface area contributed by atoms with Gasteiger partial charge >= 0.3 is 6.18 Å². The second-order valence-corrected chi connectivity index (χ2v) is 3.97. The molecule has 96 valence electrons. The molecule has 1 atom stereocenters. The number of halogens is 3. The number of hydrogen-bond acceptors (Lipinski definition) is 2. The lowest BCUT2D eigenvalue weighted by molar-refractivity contribution is -0.136. The van der Waals surface area contributed by atoms with Crippen LogP contribution in [0.4, 0.5) is 13.2 Å². The van der Waals surface area contributed by atoms with Crippen LogP contribution in [0.25, 0.3) is 0 Å². The summed E-state index contributed by atoms with van der Waals surface area (Å²) in [4.78, 5) is 1.89. The Kier molecular flexibility index (Phi) is 6.40. The first-order valence-corrected chi connectivity index (χ1v) is 5.39. The fourth-order valence-electron chi connectivity index (χ4n) is 1.37. The number of nitrogens with two attached hydrogens (primary N) is 1. The van der Waals surface area contributed by atoms with E-state index in [1.807, 2.05) is 11.8 Å². The predicted molar refractivity (Wildman–Crippen MR) is 58.5 cm³/mol. The van der Waals surface area contributed by atoms with E-state index in [-0.39, 0.29) is 18.2 Å². The number of rotatable bonds is 7. The molecule has 0 bridgehead atoms. The molecule has 6 heteroatoms. The monoisotopic (exact) mass is 239 g/mol. The molecule has 3 N–H and O–H groups in total. The van der Waals surface area contributed by atoms with Gasteiger partial charge in [0.25, 0.3) is 0 Å². The van der Waals surface area contributed by atoms with Crippen molar-refractivity contribution in [3.63, 3.8) is 0 Å². The lowest BCUT2D eigenvalue weighted by Crippen LogP contribution is -2.35. The smallest absolute Gasteiger partial charge is 0.387 e. The summed E-state index contributed by atoms with van der Waals surface area (Å²) in [7, 11) is 0. The molecule has 0 spiro atoms. The first-order chi connectivity index (χ1) is 7.26. The van der Waals surface area contributed by atoms with E-state index in [4.69, 9.17) is 11.1 Å². The van der Waals surface area contributed by atoms with Crippen molar-refractivity contribution in [2.24, 2.45) is 11.7 Å². The molecule has 0 saturated carbocycles. The van der Waals surface area contributed by atoms with E-state index >= 15 is 0 Å². The number of alkyl halides is 3. The third-order valence-electron chi connectivity index (χ3n) is 2.44. The Morgan fingerprint density at radius 2 is 2.00 bits per heavy atom. The Hall–Kier alpha value is -0.780. The minimum Gasteiger partial charge on any atom is -0.387 e. The Balaban J connectivity index is 3.88. The third kappa shape index (κ3) is 7.50. The van der Waals surface area contributed by atoms with Gasteiger partial charge in [-0.15, -0.1) is 0 Å². The normalized spacial score (nSPS) is 14.1. The van der Waals surface area contributed by atoms with Crippen LogP contribution >= 0.6 is 0 Å². The molecule has 0 amide bonds. The Labute approximate surface area is 94.3 Å². The maximum Gasteiger partial charge on any atom is 0.389 e. The lowest BCUT2D eigenvalue weighted by Gasteiger charge is -2.23. The molecule has 0 aliphatic heterocycles. The van der Waals surface area contributed by atoms with Gasteiger partial charge in [0.05, 0.1) is 5.84 Å². The van der Waals surface area contributed by atoms with Crippen molar-refractivity contribution in [2.45, 2.75) is 32.9 Å². The molecule has 16 heavy (non-hydrogen) atoms. The molecule has 0 fully saturated rings. The molecular weight excluding hydrogens is 219 g/mol. The topological polar surface area (TPSA) is 53.1 Å². The van der Waals surface area contributed by atoms with Gasteiger partial charge in [-0.1, -0.05) is 13.8 Å². The van der Waals surface area contributed by atoms with Crippen molar-refractivity contribution >= 4 is 5.84 Å². The highest BCUT2D eigenvalue weighted by Gasteiger charge is 2.26. The standard InChI is InChI=1S/C10H20F3N3/c1-3-16(7-8(2)9(14)15)6-4-5-10(11,12)13/h8H,3-7H2,1-2H3,(H3,14,15). The highest BCUT2D eigenvalue weighted by Crippen LogP contribution is 2.21. The highest BCUT2D eigenvalue weighted by molar-refractivity contribution is 5.79. The van der Waals surface area contributed by atoms with E-state index in [0.717, 1.165) is 0 Å². The molecule has 3 nitrogen and oxygen atoms in total. The second-order valence-electron chi connectivity index (χ2n) is 3.97. The molecule has 0 aliphatic carbocycles. The van der Waals surface area contributed by atoms with E-state index in [0.29, 0.717) is 19.6 Å². The molecule has 0 aromatic carbocycles. The largest absolute Gasteiger partial charge is 0.389 e. The zero-order valence-corrected chi connectivity index (χ0v) is 9.77. The molecule has 0 aromatic rings. The van der Waals surface area contributed by atoms with Gasteiger partial charge in [-0.3, -0.25) is 5.41 Å². The third-order valence-corrected chi connectivity index (χ3v) is 2.44. The van der Waals surface area contributed by atoms with Crippen molar-refractivity contribution in [1.82, 2.24) is 4.90 Å². The average Bonchev–Trinajstić information content (AvgIpc) is 2.13. The Bertz CT molecular complexity index is 216. The van der Waals surface area contributed by atoms with Crippen LogP contribution in [0.2, 0.25) is 0 Å². The van der Waals surface area contributed by atoms with Crippen LogP contribution in [-0.2, 0) is 0 Å². The summed E-state index contributed by atoms with van der Waals surface area (Å²) in [5.41, 5.74) is 5.31. The molecule has 0 aromatic heterocycles. The zero-order chi connectivity index (χ0) is 12.8. The Morgan fingerprint density at radius 3 is 2.38 bits per heavy atom. The van der Waals surface area contributed by atoms with Gasteiger partial charge in [0.15, 0.2) is 0 Å². The molecule has 0 heterocycles. The van der Waals surface area contributed by atoms with Gasteiger partial charge in [0.2, 0.25) is 0 Å². The minimum atomic E-state index is -4.08. The van der Waals surface area contributed by atoms with Crippen molar-refractivity contribution in [3.8, 4) is 0 Å². The average molecular weight is 239 g/mol. The van der Waals surface area contributed by atoms with E-state index in [9.17, 15) is 13.2 Å². The summed E-state index contributed by atoms with van der Waals surface area (Å²) in [5.74, 6) is -0.0277. The van der Waals surface area contributed by atoms with Gasteiger partial charge in [-0.05, 0) is 19.5 Å². The van der Waals surface area contributed by atoms with Crippen LogP contribution in [0.5, 0.6) is 0 Å². The zero-order valence-electron chi connectivity index (χ0n) is 9.77. The fourth-order valence-corrected chi connectivity index (χ4v) is 1.37. The van der Waals surface area contributed by atoms with Gasteiger partial charge < -0.3 is 10.6 Å². The van der Waals surface area contributed by atoms with Crippen LogP contribution < -0.4 is 5.73 Å². The van der Waals surface area contributed by atoms with Crippen molar-refractivity contribution in [2.75, 3.05) is 19.6 Å². The summed E-state index contributed by atoms with van der Waals surface area (Å²) < 4.78 is 35.8. The van der Waals surface area contributed by atoms with E-state index in [1.54, 1.807) is 6.92 Å². The van der Waals surface area contributed by atoms with Crippen molar-refractivity contribution in [1.29, 1.82) is 5.41 Å². The summed E-state index contributed by atoms with van der Waals surface area (Å²) >= 11 is 0. The van der Waals surface area contributed by atoms with Gasteiger partial charge in [-0.25, -0.2) is 0 Å². The van der Waals surface area contributed by atoms with Crippen LogP contribution in [0.15, 0.2) is 0 Å². The van der Waals surface area contributed by atoms with Crippen LogP contribution in [0.3, 0.4) is 0 Å². The Morgan fingerprint density at radius 1 is 1.44 bits per heavy atom. The molecular formula is C10H20F3N3. The summed E-state index contributed by atoms with van der Waals surface area (Å²) in [6.45, 7) is 5.31. The molecule has 0 aliphatic rings. The van der Waals surface area contributed by atoms with Crippen LogP contribution in [-0.4, -0.2) is 36.5 Å². The lowest BCUT2D eigenvalue weighted by atomic mass is 10.1. The fraction of sp³-hybridized carbons (Fsp3) is 0.900. The SMILES string of the molecule is CCN(CCCC(F)(F)F)CC(C)C(=N)N. The van der Waals surface area contributed by atoms with Crippen LogP contribution in [0, 0.1) is 11.3 Å². The van der Waals surface area contributed by atoms with Gasteiger partial charge in [-0.2, -0.15) is 13.2 Å². The second kappa shape index (κ2) is 6.73. The first-order valence-electron chi connectivity index (χ1n) is 5.39. The van der Waals surface area contributed by atoms with E-state index in [1.165, 1.54) is 0 Å². The number of hydrogen-bond donors (Lipinski definition) is 2. The minimum absolute atomic E-state index is 0.0780. The predicted octanol–water partition coefficient (Wildman–Crippen LogP) is 2.22. The summed E-state index contributed by atoms with van der Waals surface area (Å²) in [6.07, 6.45) is -4.73. The quantitative estimate of drug-likeness (QED) is 0.528. The highest BCUT2D eigenvalue weighted by atomic mass is 19.4. The maximum absolute atomic E-state index is 11.9. The molecule has 1 unspecified atom stereocenters. The summed E-state index contributed by atoms with van der Waals surface area (Å²) in [6, 6.07) is 0. The number of nitrogens with zero attached hydrogens (tertiary/aromatic N) is 1. The number of amidine groups is 1. The van der Waals surface area contributed by atoms with Gasteiger partial charge in [0, 0.05) is 18.9 Å². The molecule has 0 saturated heterocycles. The summed E-state index contributed by atoms with van der Waals surface area (Å²) in [5, 5.41) is 7.22. The molecule has 0 radical (unpaired) electrons. The maximum atomic E-state index is 11.9. The first kappa shape index (κ1) is 15.2. The number of nitrogens with one attached hydrogen (secondary N) is 1. The van der Waals surface area contributed by atoms with E-state index < -0.39 is 12.6 Å². The van der Waals surface area contributed by atoms with Crippen molar-refractivity contribution in [3.05, 3.63) is 0 Å². The van der Waals surface area contributed by atoms with E-state index in [2.05, 4.69) is 0 Å².